The Morgan fingerprint density at radius 3 is 1.36 bits per heavy atom. The van der Waals surface area contributed by atoms with Crippen molar-refractivity contribution in [2.24, 2.45) is 17.3 Å². The molecular formula is C34H62N2O6-2. The van der Waals surface area contributed by atoms with Gasteiger partial charge in [-0.2, -0.15) is 10.1 Å². The zero-order valence-corrected chi connectivity index (χ0v) is 28.6. The van der Waals surface area contributed by atoms with Gasteiger partial charge in [-0.3, -0.25) is 9.68 Å². The number of piperidine rings is 2. The van der Waals surface area contributed by atoms with Crippen LogP contribution in [0.4, 0.5) is 0 Å². The standard InChI is InChI=1S/C34H64N2O6/c1-11-20-41-35-30(3,4)22-26(23-31(35,5)6)34(29(39)40,19-17-15-13-14-16-18-28(37)38)27-24-32(7,8)36(42-21-12-2)33(9,10)25-27/h26-27H,11-25H2,1-10H3,(H,37,38)(H,39,40)/p-2. The normalized spacial score (nSPS) is 23.2. The van der Waals surface area contributed by atoms with Crippen LogP contribution in [0.5, 0.6) is 0 Å². The fourth-order valence-electron chi connectivity index (χ4n) is 8.71. The summed E-state index contributed by atoms with van der Waals surface area (Å²) in [5, 5.41) is 28.8. The van der Waals surface area contributed by atoms with Gasteiger partial charge in [0.2, 0.25) is 0 Å². The lowest BCUT2D eigenvalue weighted by atomic mass is 9.52. The van der Waals surface area contributed by atoms with Crippen LogP contribution in [0.25, 0.3) is 0 Å². The number of carbonyl (C=O) groups is 2. The largest absolute Gasteiger partial charge is 0.550 e. The predicted molar refractivity (Wildman–Crippen MR) is 163 cm³/mol. The minimum atomic E-state index is -1.01. The minimum absolute atomic E-state index is 0.0771. The number of rotatable bonds is 17. The topological polar surface area (TPSA) is 105 Å². The highest BCUT2D eigenvalue weighted by Crippen LogP contribution is 2.58. The first-order chi connectivity index (χ1) is 19.4. The van der Waals surface area contributed by atoms with Crippen LogP contribution in [0.1, 0.15) is 153 Å². The van der Waals surface area contributed by atoms with Crippen molar-refractivity contribution in [2.45, 2.75) is 175 Å². The number of carboxylic acid groups (broad SMARTS) is 2. The van der Waals surface area contributed by atoms with Crippen LogP contribution >= 0.6 is 0 Å². The van der Waals surface area contributed by atoms with Gasteiger partial charge in [-0.15, -0.1) is 0 Å². The number of unbranched alkanes of at least 4 members (excludes halogenated alkanes) is 4. The van der Waals surface area contributed by atoms with Gasteiger partial charge < -0.3 is 19.8 Å². The van der Waals surface area contributed by atoms with E-state index in [1.54, 1.807) is 0 Å². The molecule has 0 aromatic rings. The fraction of sp³-hybridized carbons (Fsp3) is 0.941. The molecule has 0 saturated carbocycles. The van der Waals surface area contributed by atoms with Crippen molar-refractivity contribution >= 4 is 11.9 Å². The number of nitrogens with zero attached hydrogens (tertiary/aromatic N) is 2. The minimum Gasteiger partial charge on any atom is -0.550 e. The number of carbonyl (C=O) groups excluding carboxylic acids is 2. The molecule has 42 heavy (non-hydrogen) atoms. The number of hydroxylamine groups is 4. The summed E-state index contributed by atoms with van der Waals surface area (Å²) in [6, 6.07) is 0. The van der Waals surface area contributed by atoms with Crippen LogP contribution in [-0.2, 0) is 19.3 Å². The van der Waals surface area contributed by atoms with Gasteiger partial charge >= 0.3 is 0 Å². The first kappa shape index (κ1) is 37.0. The molecule has 2 rings (SSSR count). The van der Waals surface area contributed by atoms with Crippen LogP contribution in [0.2, 0.25) is 0 Å². The fourth-order valence-corrected chi connectivity index (χ4v) is 8.71. The maximum atomic E-state index is 13.7. The van der Waals surface area contributed by atoms with E-state index >= 15 is 0 Å². The van der Waals surface area contributed by atoms with Crippen molar-refractivity contribution in [1.29, 1.82) is 0 Å². The number of hydrogen-bond donors (Lipinski definition) is 0. The molecule has 8 heteroatoms. The van der Waals surface area contributed by atoms with Gasteiger partial charge in [0.15, 0.2) is 0 Å². The van der Waals surface area contributed by atoms with Crippen molar-refractivity contribution in [3.8, 4) is 0 Å². The lowest BCUT2D eigenvalue weighted by Crippen LogP contribution is -2.68. The molecule has 0 aromatic carbocycles. The zero-order valence-electron chi connectivity index (χ0n) is 28.6. The van der Waals surface area contributed by atoms with E-state index in [1.807, 2.05) is 0 Å². The van der Waals surface area contributed by atoms with E-state index in [4.69, 9.17) is 9.68 Å². The third kappa shape index (κ3) is 8.70. The Balaban J connectivity index is 2.48. The van der Waals surface area contributed by atoms with E-state index in [0.717, 1.165) is 38.5 Å². The summed E-state index contributed by atoms with van der Waals surface area (Å²) in [6.07, 6.45) is 9.29. The van der Waals surface area contributed by atoms with Gasteiger partial charge in [0.1, 0.15) is 0 Å². The van der Waals surface area contributed by atoms with E-state index < -0.39 is 17.4 Å². The Labute approximate surface area is 256 Å². The molecule has 2 aliphatic heterocycles. The Hall–Kier alpha value is -1.22. The molecule has 0 aromatic heterocycles. The molecule has 0 spiro atoms. The molecule has 2 aliphatic rings. The first-order valence-electron chi connectivity index (χ1n) is 16.6. The zero-order chi connectivity index (χ0) is 32.0. The molecule has 246 valence electrons. The summed E-state index contributed by atoms with van der Waals surface area (Å²) in [7, 11) is 0. The Kier molecular flexibility index (Phi) is 12.9. The van der Waals surface area contributed by atoms with E-state index in [2.05, 4.69) is 79.4 Å². The van der Waals surface area contributed by atoms with Crippen molar-refractivity contribution in [3.63, 3.8) is 0 Å². The van der Waals surface area contributed by atoms with Gasteiger partial charge in [0.25, 0.3) is 0 Å². The summed E-state index contributed by atoms with van der Waals surface area (Å²) in [5.74, 6) is -2.08. The highest BCUT2D eigenvalue weighted by molar-refractivity contribution is 5.73. The summed E-state index contributed by atoms with van der Waals surface area (Å²) in [5.41, 5.74) is -2.37. The van der Waals surface area contributed by atoms with Crippen molar-refractivity contribution in [1.82, 2.24) is 10.1 Å². The molecular weight excluding hydrogens is 532 g/mol. The molecule has 2 saturated heterocycles. The molecule has 0 aliphatic carbocycles. The van der Waals surface area contributed by atoms with E-state index in [-0.39, 0.29) is 40.4 Å². The SMILES string of the molecule is CCCON1C(C)(C)CC(C(CCCCCCCC(=O)[O-])(C(=O)[O-])C2CC(C)(C)N(OCCC)C(C)(C)C2)CC1(C)C. The summed E-state index contributed by atoms with van der Waals surface area (Å²) in [4.78, 5) is 37.2. The Bertz CT molecular complexity index is 799. The third-order valence-corrected chi connectivity index (χ3v) is 9.84. The van der Waals surface area contributed by atoms with Crippen LogP contribution < -0.4 is 10.2 Å². The van der Waals surface area contributed by atoms with Crippen LogP contribution in [0.15, 0.2) is 0 Å². The number of hydrogen-bond acceptors (Lipinski definition) is 8. The Morgan fingerprint density at radius 1 is 0.667 bits per heavy atom. The maximum absolute atomic E-state index is 13.7. The van der Waals surface area contributed by atoms with Gasteiger partial charge in [0, 0.05) is 39.5 Å². The molecule has 2 heterocycles. The van der Waals surface area contributed by atoms with E-state index in [1.165, 1.54) is 0 Å². The lowest BCUT2D eigenvalue weighted by Gasteiger charge is -2.63. The first-order valence-corrected chi connectivity index (χ1v) is 16.6. The number of carboxylic acids is 2. The van der Waals surface area contributed by atoms with Crippen LogP contribution in [-0.4, -0.2) is 57.4 Å². The predicted octanol–water partition coefficient (Wildman–Crippen LogP) is 5.42. The van der Waals surface area contributed by atoms with Crippen molar-refractivity contribution in [2.75, 3.05) is 13.2 Å². The molecule has 0 N–H and O–H groups in total. The molecule has 0 bridgehead atoms. The molecule has 8 nitrogen and oxygen atoms in total. The third-order valence-electron chi connectivity index (χ3n) is 9.84. The van der Waals surface area contributed by atoms with Crippen LogP contribution in [0, 0.1) is 17.3 Å². The lowest BCUT2D eigenvalue weighted by molar-refractivity contribution is -0.343. The van der Waals surface area contributed by atoms with Gasteiger partial charge in [0.05, 0.1) is 13.2 Å². The highest BCUT2D eigenvalue weighted by Gasteiger charge is 2.59. The van der Waals surface area contributed by atoms with Gasteiger partial charge in [-0.25, -0.2) is 0 Å². The second kappa shape index (κ2) is 14.7. The summed E-state index contributed by atoms with van der Waals surface area (Å²) < 4.78 is 0. The average Bonchev–Trinajstić information content (AvgIpc) is 2.82. The highest BCUT2D eigenvalue weighted by atomic mass is 16.7. The Morgan fingerprint density at radius 2 is 1.02 bits per heavy atom. The van der Waals surface area contributed by atoms with Gasteiger partial charge in [-0.05, 0) is 125 Å². The summed E-state index contributed by atoms with van der Waals surface area (Å²) in [6.45, 7) is 23.0. The molecule has 0 amide bonds. The average molecular weight is 595 g/mol. The van der Waals surface area contributed by atoms with E-state index in [0.29, 0.717) is 51.7 Å². The van der Waals surface area contributed by atoms with Gasteiger partial charge in [-0.1, -0.05) is 39.5 Å². The molecule has 0 radical (unpaired) electrons. The van der Waals surface area contributed by atoms with E-state index in [9.17, 15) is 19.8 Å². The van der Waals surface area contributed by atoms with Crippen LogP contribution in [0.3, 0.4) is 0 Å². The quantitative estimate of drug-likeness (QED) is 0.206. The van der Waals surface area contributed by atoms with Crippen molar-refractivity contribution in [3.05, 3.63) is 0 Å². The summed E-state index contributed by atoms with van der Waals surface area (Å²) >= 11 is 0. The molecule has 0 atom stereocenters. The smallest absolute Gasteiger partial charge is 0.0683 e. The van der Waals surface area contributed by atoms with Crippen molar-refractivity contribution < 1.29 is 29.5 Å². The molecule has 0 unspecified atom stereocenters. The second-order valence-corrected chi connectivity index (χ2v) is 15.7. The maximum Gasteiger partial charge on any atom is 0.0683 e. The second-order valence-electron chi connectivity index (χ2n) is 15.7. The monoisotopic (exact) mass is 594 g/mol. The number of aliphatic carboxylic acids is 2. The molecule has 2 fully saturated rings.